The van der Waals surface area contributed by atoms with Crippen molar-refractivity contribution in [2.75, 3.05) is 6.61 Å². The first kappa shape index (κ1) is 9.55. The van der Waals surface area contributed by atoms with Crippen molar-refractivity contribution < 1.29 is 9.29 Å². The summed E-state index contributed by atoms with van der Waals surface area (Å²) in [7, 11) is 0. The number of hydrogen-bond donors (Lipinski definition) is 1. The summed E-state index contributed by atoms with van der Waals surface area (Å²) in [5.74, 6) is 1.59. The van der Waals surface area contributed by atoms with Crippen LogP contribution in [0.1, 0.15) is 24.8 Å². The maximum Gasteiger partial charge on any atom is 0.123 e. The molecule has 1 heterocycles. The minimum atomic E-state index is -0.0884. The molecule has 2 aliphatic rings. The van der Waals surface area contributed by atoms with E-state index in [4.69, 9.17) is 4.74 Å². The summed E-state index contributed by atoms with van der Waals surface area (Å²) in [6.45, 7) is 0.723. The van der Waals surface area contributed by atoms with E-state index in [1.54, 1.807) is 0 Å². The summed E-state index contributed by atoms with van der Waals surface area (Å²) in [5.41, 5.74) is 1.19. The molecule has 80 valence electrons. The summed E-state index contributed by atoms with van der Waals surface area (Å²) in [4.78, 5) is 0. The van der Waals surface area contributed by atoms with Gasteiger partial charge in [-0.2, -0.15) is 0 Å². The van der Waals surface area contributed by atoms with Gasteiger partial charge in [-0.15, -0.1) is 0 Å². The quantitative estimate of drug-likeness (QED) is 0.779. The van der Waals surface area contributed by atoms with E-state index in [-0.39, 0.29) is 4.75 Å². The van der Waals surface area contributed by atoms with Crippen molar-refractivity contribution in [2.24, 2.45) is 5.92 Å². The van der Waals surface area contributed by atoms with Gasteiger partial charge >= 0.3 is 0 Å². The van der Waals surface area contributed by atoms with Gasteiger partial charge in [0.25, 0.3) is 0 Å². The van der Waals surface area contributed by atoms with E-state index in [0.29, 0.717) is 5.92 Å². The van der Waals surface area contributed by atoms with E-state index < -0.39 is 0 Å². The third-order valence-electron chi connectivity index (χ3n) is 3.47. The second-order valence-electron chi connectivity index (χ2n) is 4.35. The normalized spacial score (nSPS) is 29.4. The van der Waals surface area contributed by atoms with Gasteiger partial charge in [-0.05, 0) is 36.9 Å². The van der Waals surface area contributed by atoms with Gasteiger partial charge in [0.05, 0.1) is 11.4 Å². The number of fused-ring (bicyclic) bond motifs is 1. The van der Waals surface area contributed by atoms with Crippen LogP contribution < -0.4 is 4.74 Å². The monoisotopic (exact) mass is 222 g/mol. The third kappa shape index (κ3) is 1.37. The second-order valence-corrected chi connectivity index (χ2v) is 5.26. The fraction of sp³-hybridized carbons (Fsp3) is 0.500. The van der Waals surface area contributed by atoms with Gasteiger partial charge < -0.3 is 9.29 Å². The molecular formula is C12H14O2S. The average molecular weight is 222 g/mol. The Hall–Kier alpha value is -0.670. The fourth-order valence-corrected chi connectivity index (χ4v) is 3.36. The molecule has 2 nitrogen and oxygen atoms in total. The Labute approximate surface area is 93.8 Å². The molecule has 0 aromatic heterocycles. The molecule has 1 fully saturated rings. The Bertz CT molecular complexity index is 376. The predicted molar refractivity (Wildman–Crippen MR) is 61.2 cm³/mol. The van der Waals surface area contributed by atoms with Crippen LogP contribution >= 0.6 is 12.0 Å². The minimum Gasteiger partial charge on any atom is -0.493 e. The lowest BCUT2D eigenvalue weighted by atomic mass is 9.88. The Morgan fingerprint density at radius 2 is 2.13 bits per heavy atom. The fourth-order valence-electron chi connectivity index (χ4n) is 2.53. The Kier molecular flexibility index (Phi) is 2.18. The third-order valence-corrected chi connectivity index (χ3v) is 4.56. The maximum absolute atomic E-state index is 9.66. The van der Waals surface area contributed by atoms with Crippen LogP contribution in [0.5, 0.6) is 5.75 Å². The molecule has 0 saturated heterocycles. The van der Waals surface area contributed by atoms with Crippen LogP contribution in [0.4, 0.5) is 0 Å². The molecule has 1 unspecified atom stereocenters. The first-order valence-corrected chi connectivity index (χ1v) is 6.19. The van der Waals surface area contributed by atoms with Gasteiger partial charge in [0.1, 0.15) is 5.75 Å². The number of hydrogen-bond acceptors (Lipinski definition) is 3. The number of benzene rings is 1. The molecular weight excluding hydrogens is 208 g/mol. The largest absolute Gasteiger partial charge is 0.493 e. The summed E-state index contributed by atoms with van der Waals surface area (Å²) >= 11 is 1.03. The highest BCUT2D eigenvalue weighted by atomic mass is 32.2. The standard InChI is InChI=1S/C12H14O2S/c13-15-12(9-5-6-9)7-8-14-11-4-2-1-3-10(11)12/h1-4,9,13H,5-8H2. The van der Waals surface area contributed by atoms with Crippen molar-refractivity contribution in [3.8, 4) is 5.75 Å². The van der Waals surface area contributed by atoms with Crippen molar-refractivity contribution in [1.29, 1.82) is 0 Å². The van der Waals surface area contributed by atoms with Gasteiger partial charge in [0.15, 0.2) is 0 Å². The zero-order valence-corrected chi connectivity index (χ0v) is 9.30. The van der Waals surface area contributed by atoms with Gasteiger partial charge in [0.2, 0.25) is 0 Å². The number of para-hydroxylation sites is 1. The molecule has 1 atom stereocenters. The van der Waals surface area contributed by atoms with Crippen LogP contribution in [-0.4, -0.2) is 11.2 Å². The summed E-state index contributed by atoms with van der Waals surface area (Å²) in [6, 6.07) is 8.11. The first-order valence-electron chi connectivity index (χ1n) is 5.42. The Morgan fingerprint density at radius 3 is 2.87 bits per heavy atom. The van der Waals surface area contributed by atoms with Gasteiger partial charge in [-0.3, -0.25) is 0 Å². The summed E-state index contributed by atoms with van der Waals surface area (Å²) in [5, 5.41) is 0. The highest BCUT2D eigenvalue weighted by Gasteiger charge is 2.50. The van der Waals surface area contributed by atoms with Crippen LogP contribution in [-0.2, 0) is 4.75 Å². The molecule has 3 heteroatoms. The van der Waals surface area contributed by atoms with Gasteiger partial charge in [-0.1, -0.05) is 18.2 Å². The van der Waals surface area contributed by atoms with E-state index in [1.165, 1.54) is 18.4 Å². The number of rotatable bonds is 2. The van der Waals surface area contributed by atoms with Crippen LogP contribution in [0.3, 0.4) is 0 Å². The predicted octanol–water partition coefficient (Wildman–Crippen LogP) is 3.28. The molecule has 3 rings (SSSR count). The molecule has 1 aliphatic heterocycles. The minimum absolute atomic E-state index is 0.0884. The van der Waals surface area contributed by atoms with Crippen molar-refractivity contribution in [1.82, 2.24) is 0 Å². The lowest BCUT2D eigenvalue weighted by molar-refractivity contribution is 0.242. The first-order chi connectivity index (χ1) is 7.37. The SMILES string of the molecule is OSC1(C2CC2)CCOc2ccccc21. The highest BCUT2D eigenvalue weighted by Crippen LogP contribution is 2.58. The molecule has 1 aliphatic carbocycles. The van der Waals surface area contributed by atoms with Crippen LogP contribution in [0, 0.1) is 5.92 Å². The van der Waals surface area contributed by atoms with Crippen molar-refractivity contribution >= 4 is 12.0 Å². The van der Waals surface area contributed by atoms with Crippen molar-refractivity contribution in [3.63, 3.8) is 0 Å². The maximum atomic E-state index is 9.66. The van der Waals surface area contributed by atoms with Gasteiger partial charge in [-0.25, -0.2) is 0 Å². The molecule has 15 heavy (non-hydrogen) atoms. The zero-order chi connectivity index (χ0) is 10.3. The Morgan fingerprint density at radius 1 is 1.33 bits per heavy atom. The Balaban J connectivity index is 2.10. The number of ether oxygens (including phenoxy) is 1. The topological polar surface area (TPSA) is 29.5 Å². The van der Waals surface area contributed by atoms with E-state index >= 15 is 0 Å². The second kappa shape index (κ2) is 3.42. The molecule has 0 radical (unpaired) electrons. The van der Waals surface area contributed by atoms with Crippen LogP contribution in [0.25, 0.3) is 0 Å². The van der Waals surface area contributed by atoms with Crippen molar-refractivity contribution in [3.05, 3.63) is 29.8 Å². The van der Waals surface area contributed by atoms with Crippen molar-refractivity contribution in [2.45, 2.75) is 24.0 Å². The molecule has 1 N–H and O–H groups in total. The highest BCUT2D eigenvalue weighted by molar-refractivity contribution is 7.94. The molecule has 0 spiro atoms. The average Bonchev–Trinajstić information content (AvgIpc) is 3.12. The van der Waals surface area contributed by atoms with Gasteiger partial charge in [0, 0.05) is 12.0 Å². The van der Waals surface area contributed by atoms with Crippen LogP contribution in [0.15, 0.2) is 24.3 Å². The zero-order valence-electron chi connectivity index (χ0n) is 8.48. The molecule has 1 aromatic rings. The van der Waals surface area contributed by atoms with E-state index in [0.717, 1.165) is 30.8 Å². The molecule has 0 bridgehead atoms. The molecule has 0 amide bonds. The lowest BCUT2D eigenvalue weighted by Gasteiger charge is -2.36. The smallest absolute Gasteiger partial charge is 0.123 e. The molecule has 1 aromatic carbocycles. The van der Waals surface area contributed by atoms with E-state index in [1.807, 2.05) is 18.2 Å². The lowest BCUT2D eigenvalue weighted by Crippen LogP contribution is -2.31. The van der Waals surface area contributed by atoms with E-state index in [2.05, 4.69) is 6.07 Å². The van der Waals surface area contributed by atoms with Crippen LogP contribution in [0.2, 0.25) is 0 Å². The summed E-state index contributed by atoms with van der Waals surface area (Å²) in [6.07, 6.45) is 3.40. The van der Waals surface area contributed by atoms with E-state index in [9.17, 15) is 4.55 Å². The summed E-state index contributed by atoms with van der Waals surface area (Å²) < 4.78 is 15.2. The molecule has 1 saturated carbocycles.